The molecule has 122 valence electrons. The van der Waals surface area contributed by atoms with E-state index in [1.54, 1.807) is 7.11 Å². The van der Waals surface area contributed by atoms with Crippen LogP contribution in [0.2, 0.25) is 0 Å². The summed E-state index contributed by atoms with van der Waals surface area (Å²) in [5.41, 5.74) is 2.05. The van der Waals surface area contributed by atoms with Gasteiger partial charge in [-0.05, 0) is 17.5 Å². The predicted octanol–water partition coefficient (Wildman–Crippen LogP) is 4.14. The third kappa shape index (κ3) is 4.35. The van der Waals surface area contributed by atoms with E-state index >= 15 is 0 Å². The third-order valence-corrected chi connectivity index (χ3v) is 4.30. The van der Waals surface area contributed by atoms with Gasteiger partial charge in [0.15, 0.2) is 0 Å². The van der Waals surface area contributed by atoms with Gasteiger partial charge in [-0.25, -0.2) is 0 Å². The lowest BCUT2D eigenvalue weighted by Gasteiger charge is -2.23. The Morgan fingerprint density at radius 2 is 1.74 bits per heavy atom. The first-order valence-electron chi connectivity index (χ1n) is 8.12. The van der Waals surface area contributed by atoms with Crippen molar-refractivity contribution in [1.82, 2.24) is 5.32 Å². The van der Waals surface area contributed by atoms with Crippen molar-refractivity contribution in [3.8, 4) is 5.75 Å². The summed E-state index contributed by atoms with van der Waals surface area (Å²) in [5.74, 6) is 1.02. The minimum atomic E-state index is -0.129. The second-order valence-electron chi connectivity index (χ2n) is 5.80. The minimum absolute atomic E-state index is 0.0662. The zero-order chi connectivity index (χ0) is 16.7. The number of hydrogen-bond donors (Lipinski definition) is 1. The number of rotatable bonds is 7. The second-order valence-corrected chi connectivity index (χ2v) is 5.80. The van der Waals surface area contributed by atoms with Crippen LogP contribution in [-0.4, -0.2) is 13.0 Å². The van der Waals surface area contributed by atoms with Gasteiger partial charge in [0.05, 0.1) is 13.0 Å². The minimum Gasteiger partial charge on any atom is -0.496 e. The van der Waals surface area contributed by atoms with Gasteiger partial charge in [0.25, 0.3) is 0 Å². The number of carbonyl (C=O) groups excluding carboxylic acids is 1. The molecule has 0 aliphatic rings. The molecule has 2 atom stereocenters. The van der Waals surface area contributed by atoms with Crippen LogP contribution in [0.3, 0.4) is 0 Å². The SMILES string of the molecule is CC[C@H](C)[C@@H](C(=O)NCc1ccccc1OC)c1ccccc1. The van der Waals surface area contributed by atoms with Crippen LogP contribution < -0.4 is 10.1 Å². The van der Waals surface area contributed by atoms with Crippen LogP contribution in [0.15, 0.2) is 54.6 Å². The number of ether oxygens (including phenoxy) is 1. The first kappa shape index (κ1) is 17.1. The van der Waals surface area contributed by atoms with E-state index in [4.69, 9.17) is 4.74 Å². The van der Waals surface area contributed by atoms with Crippen molar-refractivity contribution in [3.05, 3.63) is 65.7 Å². The van der Waals surface area contributed by atoms with Crippen molar-refractivity contribution >= 4 is 5.91 Å². The van der Waals surface area contributed by atoms with Crippen molar-refractivity contribution in [2.45, 2.75) is 32.7 Å². The van der Waals surface area contributed by atoms with Crippen molar-refractivity contribution in [2.24, 2.45) is 5.92 Å². The molecule has 0 radical (unpaired) electrons. The van der Waals surface area contributed by atoms with Crippen LogP contribution >= 0.6 is 0 Å². The van der Waals surface area contributed by atoms with Gasteiger partial charge in [-0.3, -0.25) is 4.79 Å². The fourth-order valence-corrected chi connectivity index (χ4v) is 2.78. The van der Waals surface area contributed by atoms with E-state index in [9.17, 15) is 4.79 Å². The molecule has 0 heterocycles. The van der Waals surface area contributed by atoms with Crippen molar-refractivity contribution in [3.63, 3.8) is 0 Å². The van der Waals surface area contributed by atoms with Gasteiger partial charge in [0, 0.05) is 12.1 Å². The molecule has 0 saturated heterocycles. The van der Waals surface area contributed by atoms with Crippen LogP contribution in [0.5, 0.6) is 5.75 Å². The van der Waals surface area contributed by atoms with Crippen molar-refractivity contribution in [1.29, 1.82) is 0 Å². The average Bonchev–Trinajstić information content (AvgIpc) is 2.61. The number of nitrogens with one attached hydrogen (secondary N) is 1. The predicted molar refractivity (Wildman–Crippen MR) is 93.5 cm³/mol. The van der Waals surface area contributed by atoms with Crippen LogP contribution in [0.25, 0.3) is 0 Å². The van der Waals surface area contributed by atoms with E-state index < -0.39 is 0 Å². The number of benzene rings is 2. The van der Waals surface area contributed by atoms with Crippen LogP contribution in [-0.2, 0) is 11.3 Å². The molecule has 0 bridgehead atoms. The normalized spacial score (nSPS) is 13.2. The molecule has 0 saturated carbocycles. The van der Waals surface area contributed by atoms with E-state index in [0.717, 1.165) is 23.3 Å². The number of amides is 1. The molecular formula is C20H25NO2. The Morgan fingerprint density at radius 1 is 1.09 bits per heavy atom. The summed E-state index contributed by atoms with van der Waals surface area (Å²) >= 11 is 0. The lowest BCUT2D eigenvalue weighted by atomic mass is 9.85. The Bertz CT molecular complexity index is 625. The Hall–Kier alpha value is -2.29. The first-order chi connectivity index (χ1) is 11.2. The molecule has 0 aliphatic carbocycles. The zero-order valence-corrected chi connectivity index (χ0v) is 14.1. The van der Waals surface area contributed by atoms with E-state index in [-0.39, 0.29) is 17.7 Å². The number of methoxy groups -OCH3 is 1. The Morgan fingerprint density at radius 3 is 2.39 bits per heavy atom. The van der Waals surface area contributed by atoms with E-state index in [2.05, 4.69) is 19.2 Å². The number of hydrogen-bond acceptors (Lipinski definition) is 2. The van der Waals surface area contributed by atoms with Gasteiger partial charge in [0.2, 0.25) is 5.91 Å². The molecule has 2 rings (SSSR count). The van der Waals surface area contributed by atoms with Crippen LogP contribution in [0.4, 0.5) is 0 Å². The highest BCUT2D eigenvalue weighted by molar-refractivity contribution is 5.84. The maximum Gasteiger partial charge on any atom is 0.228 e. The average molecular weight is 311 g/mol. The summed E-state index contributed by atoms with van der Waals surface area (Å²) in [6, 6.07) is 17.8. The number of carbonyl (C=O) groups is 1. The first-order valence-corrected chi connectivity index (χ1v) is 8.12. The lowest BCUT2D eigenvalue weighted by Crippen LogP contribution is -2.32. The quantitative estimate of drug-likeness (QED) is 0.834. The van der Waals surface area contributed by atoms with Gasteiger partial charge in [-0.1, -0.05) is 68.8 Å². The molecule has 2 aromatic carbocycles. The van der Waals surface area contributed by atoms with Crippen molar-refractivity contribution in [2.75, 3.05) is 7.11 Å². The van der Waals surface area contributed by atoms with Gasteiger partial charge < -0.3 is 10.1 Å². The van der Waals surface area contributed by atoms with Crippen LogP contribution in [0, 0.1) is 5.92 Å². The lowest BCUT2D eigenvalue weighted by molar-refractivity contribution is -0.123. The van der Waals surface area contributed by atoms with E-state index in [1.807, 2.05) is 54.6 Å². The monoisotopic (exact) mass is 311 g/mol. The van der Waals surface area contributed by atoms with Crippen molar-refractivity contribution < 1.29 is 9.53 Å². The molecule has 1 N–H and O–H groups in total. The molecule has 0 unspecified atom stereocenters. The number of para-hydroxylation sites is 1. The molecule has 3 nitrogen and oxygen atoms in total. The topological polar surface area (TPSA) is 38.3 Å². The Labute approximate surface area is 138 Å². The van der Waals surface area contributed by atoms with Gasteiger partial charge >= 0.3 is 0 Å². The van der Waals surface area contributed by atoms with Gasteiger partial charge in [-0.15, -0.1) is 0 Å². The molecule has 23 heavy (non-hydrogen) atoms. The summed E-state index contributed by atoms with van der Waals surface area (Å²) in [7, 11) is 1.65. The summed E-state index contributed by atoms with van der Waals surface area (Å²) in [5, 5.41) is 3.07. The fraction of sp³-hybridized carbons (Fsp3) is 0.350. The van der Waals surface area contributed by atoms with Gasteiger partial charge in [0.1, 0.15) is 5.75 Å². The standard InChI is InChI=1S/C20H25NO2/c1-4-15(2)19(16-10-6-5-7-11-16)20(22)21-14-17-12-8-9-13-18(17)23-3/h5-13,15,19H,4,14H2,1-3H3,(H,21,22)/t15-,19+/m0/s1. The summed E-state index contributed by atoms with van der Waals surface area (Å²) in [6.07, 6.45) is 0.960. The molecule has 0 spiro atoms. The molecule has 1 amide bonds. The molecule has 2 aromatic rings. The second kappa shape index (κ2) is 8.37. The smallest absolute Gasteiger partial charge is 0.228 e. The third-order valence-electron chi connectivity index (χ3n) is 4.30. The maximum absolute atomic E-state index is 12.8. The Balaban J connectivity index is 2.12. The largest absolute Gasteiger partial charge is 0.496 e. The van der Waals surface area contributed by atoms with E-state index in [0.29, 0.717) is 6.54 Å². The highest BCUT2D eigenvalue weighted by atomic mass is 16.5. The molecular weight excluding hydrogens is 286 g/mol. The Kier molecular flexibility index (Phi) is 6.21. The fourth-order valence-electron chi connectivity index (χ4n) is 2.78. The molecule has 0 fully saturated rings. The van der Waals surface area contributed by atoms with Gasteiger partial charge in [-0.2, -0.15) is 0 Å². The summed E-state index contributed by atoms with van der Waals surface area (Å²) in [6.45, 7) is 4.72. The van der Waals surface area contributed by atoms with Crippen LogP contribution in [0.1, 0.15) is 37.3 Å². The maximum atomic E-state index is 12.8. The zero-order valence-electron chi connectivity index (χ0n) is 14.1. The molecule has 0 aliphatic heterocycles. The highest BCUT2D eigenvalue weighted by Crippen LogP contribution is 2.27. The summed E-state index contributed by atoms with van der Waals surface area (Å²) < 4.78 is 5.34. The summed E-state index contributed by atoms with van der Waals surface area (Å²) in [4.78, 5) is 12.8. The molecule has 3 heteroatoms. The highest BCUT2D eigenvalue weighted by Gasteiger charge is 2.25. The van der Waals surface area contributed by atoms with E-state index in [1.165, 1.54) is 0 Å². The molecule has 0 aromatic heterocycles.